The van der Waals surface area contributed by atoms with Gasteiger partial charge in [0.05, 0.1) is 11.4 Å². The van der Waals surface area contributed by atoms with Crippen LogP contribution in [0, 0.1) is 5.41 Å². The summed E-state index contributed by atoms with van der Waals surface area (Å²) in [4.78, 5) is 12.1. The van der Waals surface area contributed by atoms with E-state index < -0.39 is 9.84 Å². The van der Waals surface area contributed by atoms with Crippen LogP contribution in [0.25, 0.3) is 11.3 Å². The van der Waals surface area contributed by atoms with Gasteiger partial charge in [-0.3, -0.25) is 9.89 Å². The van der Waals surface area contributed by atoms with Crippen molar-refractivity contribution in [2.45, 2.75) is 19.3 Å². The second-order valence-electron chi connectivity index (χ2n) is 5.97. The second-order valence-corrected chi connectivity index (χ2v) is 8.89. The summed E-state index contributed by atoms with van der Waals surface area (Å²) in [5, 5.41) is 13.6. The molecule has 118 valence electrons. The first-order valence-corrected chi connectivity index (χ1v) is 9.91. The van der Waals surface area contributed by atoms with E-state index in [1.54, 1.807) is 17.4 Å². The molecule has 1 aliphatic carbocycles. The molecule has 3 rings (SSSR count). The summed E-state index contributed by atoms with van der Waals surface area (Å²) in [5.74, 6) is 0.347. The fourth-order valence-electron chi connectivity index (χ4n) is 2.58. The molecule has 22 heavy (non-hydrogen) atoms. The van der Waals surface area contributed by atoms with Crippen LogP contribution in [0.3, 0.4) is 0 Å². The third-order valence-corrected chi connectivity index (χ3v) is 5.56. The van der Waals surface area contributed by atoms with Crippen molar-refractivity contribution >= 4 is 32.9 Å². The Bertz CT molecular complexity index is 774. The highest BCUT2D eigenvalue weighted by atomic mass is 32.2. The fraction of sp³-hybridized carbons (Fsp3) is 0.429. The summed E-state index contributed by atoms with van der Waals surface area (Å²) < 4.78 is 22.8. The smallest absolute Gasteiger partial charge is 0.226 e. The lowest BCUT2D eigenvalue weighted by atomic mass is 10.1. The number of sulfone groups is 1. The van der Waals surface area contributed by atoms with E-state index in [2.05, 4.69) is 15.5 Å². The summed E-state index contributed by atoms with van der Waals surface area (Å²) in [6.07, 6.45) is 3.01. The van der Waals surface area contributed by atoms with Crippen LogP contribution in [-0.4, -0.2) is 36.5 Å². The molecular formula is C14H17N3O3S2. The van der Waals surface area contributed by atoms with Crippen LogP contribution in [0.5, 0.6) is 0 Å². The van der Waals surface area contributed by atoms with Crippen LogP contribution < -0.4 is 5.32 Å². The predicted octanol–water partition coefficient (Wildman–Crippen LogP) is 2.29. The number of hydrogen-bond acceptors (Lipinski definition) is 5. The molecule has 0 radical (unpaired) electrons. The van der Waals surface area contributed by atoms with Crippen molar-refractivity contribution in [1.82, 2.24) is 10.2 Å². The largest absolute Gasteiger partial charge is 0.309 e. The molecule has 1 fully saturated rings. The number of rotatable bonds is 6. The van der Waals surface area contributed by atoms with E-state index in [0.29, 0.717) is 5.82 Å². The molecule has 0 saturated heterocycles. The molecule has 0 unspecified atom stereocenters. The lowest BCUT2D eigenvalue weighted by Crippen LogP contribution is -2.23. The van der Waals surface area contributed by atoms with E-state index in [9.17, 15) is 13.2 Å². The van der Waals surface area contributed by atoms with Gasteiger partial charge in [-0.1, -0.05) is 0 Å². The summed E-state index contributed by atoms with van der Waals surface area (Å²) >= 11 is 1.59. The second kappa shape index (κ2) is 5.51. The normalized spacial score (nSPS) is 16.4. The standard InChI is InChI=1S/C14H17N3O3S2/c1-22(19,20)9-14(3-4-14)7-13(18)15-12-6-11(16-17-12)10-2-5-21-8-10/h2,5-6,8H,3-4,7,9H2,1H3,(H2,15,16,17,18). The first-order chi connectivity index (χ1) is 10.4. The zero-order valence-electron chi connectivity index (χ0n) is 12.1. The van der Waals surface area contributed by atoms with E-state index >= 15 is 0 Å². The third kappa shape index (κ3) is 3.75. The first-order valence-electron chi connectivity index (χ1n) is 6.91. The summed E-state index contributed by atoms with van der Waals surface area (Å²) in [6.45, 7) is 0. The molecule has 0 aromatic carbocycles. The van der Waals surface area contributed by atoms with Crippen LogP contribution >= 0.6 is 11.3 Å². The number of thiophene rings is 1. The van der Waals surface area contributed by atoms with Gasteiger partial charge in [0.15, 0.2) is 5.82 Å². The third-order valence-electron chi connectivity index (χ3n) is 3.74. The molecule has 1 amide bonds. The van der Waals surface area contributed by atoms with Crippen LogP contribution in [0.15, 0.2) is 22.9 Å². The molecule has 2 aromatic rings. The van der Waals surface area contributed by atoms with Crippen molar-refractivity contribution in [2.24, 2.45) is 5.41 Å². The number of carbonyl (C=O) groups is 1. The van der Waals surface area contributed by atoms with E-state index in [4.69, 9.17) is 0 Å². The highest BCUT2D eigenvalue weighted by Crippen LogP contribution is 2.49. The van der Waals surface area contributed by atoms with Gasteiger partial charge < -0.3 is 5.32 Å². The Labute approximate surface area is 132 Å². The number of nitrogens with one attached hydrogen (secondary N) is 2. The molecule has 8 heteroatoms. The molecule has 2 heterocycles. The molecule has 0 bridgehead atoms. The topological polar surface area (TPSA) is 91.9 Å². The fourth-order valence-corrected chi connectivity index (χ4v) is 4.74. The van der Waals surface area contributed by atoms with Crippen molar-refractivity contribution in [3.05, 3.63) is 22.9 Å². The molecule has 0 atom stereocenters. The molecule has 1 saturated carbocycles. The van der Waals surface area contributed by atoms with Gasteiger partial charge in [-0.15, -0.1) is 0 Å². The number of amides is 1. The summed E-state index contributed by atoms with van der Waals surface area (Å²) in [6, 6.07) is 3.74. The van der Waals surface area contributed by atoms with Crippen LogP contribution in [-0.2, 0) is 14.6 Å². The number of carbonyl (C=O) groups excluding carboxylic acids is 1. The minimum absolute atomic E-state index is 0.0775. The van der Waals surface area contributed by atoms with E-state index in [0.717, 1.165) is 24.1 Å². The van der Waals surface area contributed by atoms with E-state index in [1.807, 2.05) is 16.8 Å². The first kappa shape index (κ1) is 15.2. The molecule has 2 aromatic heterocycles. The maximum Gasteiger partial charge on any atom is 0.226 e. The van der Waals surface area contributed by atoms with Crippen molar-refractivity contribution in [3.8, 4) is 11.3 Å². The average Bonchev–Trinajstić information content (AvgIpc) is 2.84. The molecule has 6 nitrogen and oxygen atoms in total. The Morgan fingerprint density at radius 2 is 2.27 bits per heavy atom. The van der Waals surface area contributed by atoms with E-state index in [1.165, 1.54) is 6.26 Å². The minimum Gasteiger partial charge on any atom is -0.309 e. The Kier molecular flexibility index (Phi) is 3.82. The maximum atomic E-state index is 12.1. The van der Waals surface area contributed by atoms with Gasteiger partial charge in [0.25, 0.3) is 0 Å². The number of hydrogen-bond donors (Lipinski definition) is 2. The highest BCUT2D eigenvalue weighted by molar-refractivity contribution is 7.90. The van der Waals surface area contributed by atoms with Gasteiger partial charge in [-0.2, -0.15) is 16.4 Å². The molecular weight excluding hydrogens is 322 g/mol. The monoisotopic (exact) mass is 339 g/mol. The SMILES string of the molecule is CS(=O)(=O)CC1(CC(=O)Nc2cc(-c3ccsc3)[nH]n2)CC1. The van der Waals surface area contributed by atoms with Gasteiger partial charge in [-0.25, -0.2) is 8.42 Å². The number of aromatic amines is 1. The molecule has 2 N–H and O–H groups in total. The highest BCUT2D eigenvalue weighted by Gasteiger charge is 2.46. The lowest BCUT2D eigenvalue weighted by Gasteiger charge is -2.12. The van der Waals surface area contributed by atoms with Crippen molar-refractivity contribution in [1.29, 1.82) is 0 Å². The zero-order valence-corrected chi connectivity index (χ0v) is 13.8. The van der Waals surface area contributed by atoms with Crippen LogP contribution in [0.1, 0.15) is 19.3 Å². The van der Waals surface area contributed by atoms with Crippen LogP contribution in [0.2, 0.25) is 0 Å². The Balaban J connectivity index is 1.61. The molecule has 0 spiro atoms. The van der Waals surface area contributed by atoms with Crippen LogP contribution in [0.4, 0.5) is 5.82 Å². The lowest BCUT2D eigenvalue weighted by molar-refractivity contribution is -0.117. The predicted molar refractivity (Wildman–Crippen MR) is 86.5 cm³/mol. The van der Waals surface area contributed by atoms with Crippen molar-refractivity contribution in [2.75, 3.05) is 17.3 Å². The van der Waals surface area contributed by atoms with Crippen molar-refractivity contribution < 1.29 is 13.2 Å². The number of H-pyrrole nitrogens is 1. The van der Waals surface area contributed by atoms with Gasteiger partial charge >= 0.3 is 0 Å². The van der Waals surface area contributed by atoms with Gasteiger partial charge in [0, 0.05) is 29.7 Å². The minimum atomic E-state index is -3.06. The Hall–Kier alpha value is -1.67. The number of anilines is 1. The quantitative estimate of drug-likeness (QED) is 0.844. The van der Waals surface area contributed by atoms with Crippen molar-refractivity contribution in [3.63, 3.8) is 0 Å². The molecule has 1 aliphatic rings. The summed E-state index contributed by atoms with van der Waals surface area (Å²) in [5.41, 5.74) is 1.49. The van der Waals surface area contributed by atoms with Gasteiger partial charge in [-0.05, 0) is 29.7 Å². The maximum absolute atomic E-state index is 12.1. The summed E-state index contributed by atoms with van der Waals surface area (Å²) in [7, 11) is -3.06. The molecule has 0 aliphatic heterocycles. The van der Waals surface area contributed by atoms with Gasteiger partial charge in [0.1, 0.15) is 9.84 Å². The number of nitrogens with zero attached hydrogens (tertiary/aromatic N) is 1. The Morgan fingerprint density at radius 1 is 1.50 bits per heavy atom. The van der Waals surface area contributed by atoms with E-state index in [-0.39, 0.29) is 23.5 Å². The number of aromatic nitrogens is 2. The average molecular weight is 339 g/mol. The zero-order chi connectivity index (χ0) is 15.8. The Morgan fingerprint density at radius 3 is 2.86 bits per heavy atom. The van der Waals surface area contributed by atoms with Gasteiger partial charge in [0.2, 0.25) is 5.91 Å².